The monoisotopic (exact) mass is 265 g/mol. The van der Waals surface area contributed by atoms with Crippen molar-refractivity contribution < 1.29 is 9.90 Å². The quantitative estimate of drug-likeness (QED) is 0.877. The van der Waals surface area contributed by atoms with E-state index < -0.39 is 5.60 Å². The molecule has 0 radical (unpaired) electrons. The molecule has 5 nitrogen and oxygen atoms in total. The molecule has 0 fully saturated rings. The zero-order chi connectivity index (χ0) is 14.6. The Morgan fingerprint density at radius 1 is 1.37 bits per heavy atom. The third-order valence-electron chi connectivity index (χ3n) is 2.80. The summed E-state index contributed by atoms with van der Waals surface area (Å²) in [6.45, 7) is 9.90. The molecule has 19 heavy (non-hydrogen) atoms. The highest BCUT2D eigenvalue weighted by Crippen LogP contribution is 2.13. The molecule has 1 aromatic heterocycles. The van der Waals surface area contributed by atoms with Crippen molar-refractivity contribution in [1.82, 2.24) is 15.1 Å². The molecule has 0 atom stereocenters. The first kappa shape index (κ1) is 15.6. The van der Waals surface area contributed by atoms with Crippen LogP contribution in [0.4, 0.5) is 0 Å². The number of hydrogen-bond donors (Lipinski definition) is 1. The Balaban J connectivity index is 3.06. The van der Waals surface area contributed by atoms with Crippen LogP contribution >= 0.6 is 0 Å². The molecule has 1 N–H and O–H groups in total. The maximum Gasteiger partial charge on any atom is 0.255 e. The minimum atomic E-state index is -0.909. The molecule has 0 aliphatic carbocycles. The van der Waals surface area contributed by atoms with Crippen molar-refractivity contribution in [3.63, 3.8) is 0 Å². The summed E-state index contributed by atoms with van der Waals surface area (Å²) in [4.78, 5) is 14.2. The van der Waals surface area contributed by atoms with Crippen LogP contribution < -0.4 is 0 Å². The Bertz CT molecular complexity index is 452. The second-order valence-electron chi connectivity index (χ2n) is 5.33. The van der Waals surface area contributed by atoms with E-state index in [1.807, 2.05) is 20.8 Å². The van der Waals surface area contributed by atoms with Gasteiger partial charge in [-0.15, -0.1) is 0 Å². The number of rotatable bonds is 5. The van der Waals surface area contributed by atoms with Crippen molar-refractivity contribution in [2.24, 2.45) is 0 Å². The van der Waals surface area contributed by atoms with Crippen molar-refractivity contribution in [3.8, 4) is 0 Å². The Hall–Kier alpha value is -1.49. The van der Waals surface area contributed by atoms with E-state index in [9.17, 15) is 9.90 Å². The molecule has 0 saturated heterocycles. The van der Waals surface area contributed by atoms with Crippen LogP contribution in [-0.4, -0.2) is 44.8 Å². The number of carbonyl (C=O) groups excluding carboxylic acids is 1. The molecule has 106 valence electrons. The van der Waals surface area contributed by atoms with Crippen molar-refractivity contribution >= 4 is 5.91 Å². The van der Waals surface area contributed by atoms with Gasteiger partial charge in [0.2, 0.25) is 0 Å². The van der Waals surface area contributed by atoms with Crippen molar-refractivity contribution in [2.75, 3.05) is 13.1 Å². The molecule has 1 rings (SSSR count). The fourth-order valence-electron chi connectivity index (χ4n) is 1.93. The van der Waals surface area contributed by atoms with E-state index in [1.165, 1.54) is 0 Å². The second-order valence-corrected chi connectivity index (χ2v) is 5.33. The number of likely N-dealkylation sites (N-methyl/N-ethyl adjacent to an activating group) is 1. The summed E-state index contributed by atoms with van der Waals surface area (Å²) in [5.74, 6) is -0.0977. The largest absolute Gasteiger partial charge is 0.389 e. The number of amides is 1. The second kappa shape index (κ2) is 6.10. The average molecular weight is 265 g/mol. The maximum atomic E-state index is 12.5. The van der Waals surface area contributed by atoms with Gasteiger partial charge in [0.05, 0.1) is 22.6 Å². The Morgan fingerprint density at radius 2 is 2.00 bits per heavy atom. The summed E-state index contributed by atoms with van der Waals surface area (Å²) in [6, 6.07) is 1.77. The van der Waals surface area contributed by atoms with Crippen LogP contribution in [-0.2, 0) is 6.42 Å². The first-order valence-corrected chi connectivity index (χ1v) is 6.63. The zero-order valence-electron chi connectivity index (χ0n) is 12.4. The van der Waals surface area contributed by atoms with Crippen LogP contribution in [0.5, 0.6) is 0 Å². The van der Waals surface area contributed by atoms with Gasteiger partial charge in [0.15, 0.2) is 0 Å². The van der Waals surface area contributed by atoms with Crippen LogP contribution in [0.2, 0.25) is 0 Å². The van der Waals surface area contributed by atoms with E-state index in [4.69, 9.17) is 0 Å². The van der Waals surface area contributed by atoms with Crippen LogP contribution in [0.15, 0.2) is 6.07 Å². The molecule has 0 aromatic carbocycles. The van der Waals surface area contributed by atoms with Crippen molar-refractivity contribution in [3.05, 3.63) is 23.0 Å². The van der Waals surface area contributed by atoms with Crippen LogP contribution in [0.3, 0.4) is 0 Å². The lowest BCUT2D eigenvalue weighted by Gasteiger charge is -2.28. The third-order valence-corrected chi connectivity index (χ3v) is 2.80. The molecular formula is C14H23N3O2. The van der Waals surface area contributed by atoms with Gasteiger partial charge in [-0.05, 0) is 40.2 Å². The highest BCUT2D eigenvalue weighted by atomic mass is 16.3. The van der Waals surface area contributed by atoms with E-state index in [0.29, 0.717) is 30.8 Å². The van der Waals surface area contributed by atoms with Crippen LogP contribution in [0, 0.1) is 6.92 Å². The lowest BCUT2D eigenvalue weighted by molar-refractivity contribution is 0.0313. The Kier molecular flexibility index (Phi) is 5.00. The predicted molar refractivity (Wildman–Crippen MR) is 74.0 cm³/mol. The van der Waals surface area contributed by atoms with Crippen LogP contribution in [0.1, 0.15) is 49.4 Å². The van der Waals surface area contributed by atoms with Crippen LogP contribution in [0.25, 0.3) is 0 Å². The third kappa shape index (κ3) is 4.28. The lowest BCUT2D eigenvalue weighted by Crippen LogP contribution is -2.42. The van der Waals surface area contributed by atoms with Gasteiger partial charge in [-0.25, -0.2) is 0 Å². The minimum Gasteiger partial charge on any atom is -0.389 e. The highest BCUT2D eigenvalue weighted by molar-refractivity contribution is 5.95. The van der Waals surface area contributed by atoms with E-state index >= 15 is 0 Å². The highest BCUT2D eigenvalue weighted by Gasteiger charge is 2.24. The van der Waals surface area contributed by atoms with Crippen molar-refractivity contribution in [1.29, 1.82) is 0 Å². The molecule has 0 bridgehead atoms. The first-order valence-electron chi connectivity index (χ1n) is 6.63. The maximum absolute atomic E-state index is 12.5. The fraction of sp³-hybridized carbons (Fsp3) is 0.643. The molecule has 0 spiro atoms. The van der Waals surface area contributed by atoms with Gasteiger partial charge >= 0.3 is 0 Å². The fourth-order valence-corrected chi connectivity index (χ4v) is 1.93. The smallest absolute Gasteiger partial charge is 0.255 e. The van der Waals surface area contributed by atoms with E-state index in [1.54, 1.807) is 24.8 Å². The molecule has 1 heterocycles. The summed E-state index contributed by atoms with van der Waals surface area (Å²) in [5, 5.41) is 17.9. The molecule has 0 saturated carbocycles. The Morgan fingerprint density at radius 3 is 2.47 bits per heavy atom. The van der Waals surface area contributed by atoms with Gasteiger partial charge in [0, 0.05) is 13.1 Å². The summed E-state index contributed by atoms with van der Waals surface area (Å²) >= 11 is 0. The topological polar surface area (TPSA) is 66.3 Å². The molecule has 0 unspecified atom stereocenters. The standard InChI is InChI=1S/C14H23N3O2/c1-6-12-11(8-10(3)15-16-12)13(18)17(7-2)9-14(4,5)19/h8,19H,6-7,9H2,1-5H3. The van der Waals surface area contributed by atoms with Gasteiger partial charge in [-0.1, -0.05) is 6.92 Å². The van der Waals surface area contributed by atoms with Crippen molar-refractivity contribution in [2.45, 2.75) is 46.6 Å². The summed E-state index contributed by atoms with van der Waals surface area (Å²) in [6.07, 6.45) is 0.661. The molecule has 0 aliphatic rings. The average Bonchev–Trinajstić information content (AvgIpc) is 2.34. The summed E-state index contributed by atoms with van der Waals surface area (Å²) in [5.41, 5.74) is 1.10. The van der Waals surface area contributed by atoms with Gasteiger partial charge in [0.1, 0.15) is 0 Å². The normalized spacial score (nSPS) is 11.5. The predicted octanol–water partition coefficient (Wildman–Crippen LogP) is 1.58. The molecule has 1 amide bonds. The number of carbonyl (C=O) groups is 1. The SMILES string of the molecule is CCc1nnc(C)cc1C(=O)N(CC)CC(C)(C)O. The number of aryl methyl sites for hydroxylation is 2. The number of hydrogen-bond acceptors (Lipinski definition) is 4. The molecule has 5 heteroatoms. The van der Waals surface area contributed by atoms with Gasteiger partial charge in [-0.2, -0.15) is 10.2 Å². The van der Waals surface area contributed by atoms with E-state index in [-0.39, 0.29) is 5.91 Å². The minimum absolute atomic E-state index is 0.0977. The lowest BCUT2D eigenvalue weighted by atomic mass is 10.1. The summed E-state index contributed by atoms with van der Waals surface area (Å²) < 4.78 is 0. The molecule has 1 aromatic rings. The zero-order valence-corrected chi connectivity index (χ0v) is 12.4. The molecular weight excluding hydrogens is 242 g/mol. The van der Waals surface area contributed by atoms with E-state index in [0.717, 1.165) is 5.69 Å². The first-order chi connectivity index (χ1) is 8.78. The summed E-state index contributed by atoms with van der Waals surface area (Å²) in [7, 11) is 0. The van der Waals surface area contributed by atoms with E-state index in [2.05, 4.69) is 10.2 Å². The Labute approximate surface area is 114 Å². The number of aliphatic hydroxyl groups is 1. The van der Waals surface area contributed by atoms with Gasteiger partial charge < -0.3 is 10.0 Å². The van der Waals surface area contributed by atoms with Gasteiger partial charge in [0.25, 0.3) is 5.91 Å². The number of aromatic nitrogens is 2. The molecule has 0 aliphatic heterocycles. The number of nitrogens with zero attached hydrogens (tertiary/aromatic N) is 3. The van der Waals surface area contributed by atoms with Gasteiger partial charge in [-0.3, -0.25) is 4.79 Å².